The summed E-state index contributed by atoms with van der Waals surface area (Å²) in [7, 11) is 3.75. The van der Waals surface area contributed by atoms with Gasteiger partial charge in [0, 0.05) is 6.08 Å². The molecule has 13 heavy (non-hydrogen) atoms. The quantitative estimate of drug-likeness (QED) is 0.483. The molecule has 5 heteroatoms. The molecule has 1 unspecified atom stereocenters. The highest BCUT2D eigenvalue weighted by molar-refractivity contribution is 5.81. The zero-order chi connectivity index (χ0) is 10.7. The molecule has 4 nitrogen and oxygen atoms in total. The topological polar surface area (TPSA) is 58.6 Å². The number of rotatable bonds is 4. The van der Waals surface area contributed by atoms with Gasteiger partial charge in [-0.1, -0.05) is 6.58 Å². The van der Waals surface area contributed by atoms with Crippen molar-refractivity contribution in [1.82, 2.24) is 5.32 Å². The average Bonchev–Trinajstić information content (AvgIpc) is 2.14. The molecule has 0 rings (SSSR count). The number of halogens is 1. The van der Waals surface area contributed by atoms with E-state index in [4.69, 9.17) is 5.11 Å². The first-order chi connectivity index (χ1) is 6.12. The normalized spacial score (nSPS) is 10.8. The molecule has 2 N–H and O–H groups in total. The molecule has 0 spiro atoms. The van der Waals surface area contributed by atoms with E-state index in [0.717, 1.165) is 6.08 Å². The smallest absolute Gasteiger partial charge is 0.330 e. The van der Waals surface area contributed by atoms with Gasteiger partial charge in [-0.25, -0.2) is 9.18 Å². The molecular formula is C8H16FNO3. The second kappa shape index (κ2) is 11.1. The van der Waals surface area contributed by atoms with Crippen LogP contribution in [0.4, 0.5) is 4.39 Å². The number of hydrogen-bond donors (Lipinski definition) is 2. The average molecular weight is 193 g/mol. The Hall–Kier alpha value is -0.940. The van der Waals surface area contributed by atoms with Gasteiger partial charge in [-0.15, -0.1) is 0 Å². The number of nitrogens with one attached hydrogen (secondary N) is 1. The summed E-state index contributed by atoms with van der Waals surface area (Å²) < 4.78 is 15.8. The molecule has 0 aromatic rings. The van der Waals surface area contributed by atoms with Crippen LogP contribution in [0.25, 0.3) is 0 Å². The molecule has 0 saturated heterocycles. The van der Waals surface area contributed by atoms with E-state index >= 15 is 0 Å². The van der Waals surface area contributed by atoms with Crippen LogP contribution in [-0.2, 0) is 9.53 Å². The number of esters is 1. The van der Waals surface area contributed by atoms with Crippen molar-refractivity contribution in [3.8, 4) is 0 Å². The molecule has 0 heterocycles. The van der Waals surface area contributed by atoms with E-state index < -0.39 is 18.7 Å². The first kappa shape index (κ1) is 14.6. The van der Waals surface area contributed by atoms with E-state index in [9.17, 15) is 9.18 Å². The van der Waals surface area contributed by atoms with Gasteiger partial charge in [-0.05, 0) is 14.1 Å². The van der Waals surface area contributed by atoms with Crippen molar-refractivity contribution in [3.05, 3.63) is 12.7 Å². The third-order valence-electron chi connectivity index (χ3n) is 0.763. The molecule has 0 saturated carbocycles. The Bertz CT molecular complexity index is 141. The number of aliphatic hydroxyl groups is 1. The van der Waals surface area contributed by atoms with E-state index in [1.165, 1.54) is 0 Å². The van der Waals surface area contributed by atoms with Gasteiger partial charge < -0.3 is 15.2 Å². The molecular weight excluding hydrogens is 177 g/mol. The maximum Gasteiger partial charge on any atom is 0.330 e. The van der Waals surface area contributed by atoms with Gasteiger partial charge in [-0.2, -0.15) is 0 Å². The highest BCUT2D eigenvalue weighted by Gasteiger charge is 2.04. The number of alkyl halides is 1. The van der Waals surface area contributed by atoms with Crippen molar-refractivity contribution >= 4 is 5.97 Å². The van der Waals surface area contributed by atoms with Crippen LogP contribution in [0.2, 0.25) is 0 Å². The van der Waals surface area contributed by atoms with Crippen LogP contribution in [0.5, 0.6) is 0 Å². The minimum absolute atomic E-state index is 0.318. The SMILES string of the molecule is C=CC(=O)OCC(O)CF.CNC. The predicted molar refractivity (Wildman–Crippen MR) is 48.1 cm³/mol. The van der Waals surface area contributed by atoms with E-state index in [-0.39, 0.29) is 6.61 Å². The summed E-state index contributed by atoms with van der Waals surface area (Å²) in [5.41, 5.74) is 0. The summed E-state index contributed by atoms with van der Waals surface area (Å²) >= 11 is 0. The van der Waals surface area contributed by atoms with Crippen LogP contribution in [0.3, 0.4) is 0 Å². The molecule has 0 bridgehead atoms. The number of aliphatic hydroxyl groups excluding tert-OH is 1. The fraction of sp³-hybridized carbons (Fsp3) is 0.625. The lowest BCUT2D eigenvalue weighted by atomic mass is 10.4. The third-order valence-corrected chi connectivity index (χ3v) is 0.763. The first-order valence-corrected chi connectivity index (χ1v) is 3.74. The molecule has 0 amide bonds. The lowest BCUT2D eigenvalue weighted by molar-refractivity contribution is -0.140. The van der Waals surface area contributed by atoms with Crippen molar-refractivity contribution < 1.29 is 19.0 Å². The zero-order valence-corrected chi connectivity index (χ0v) is 7.92. The van der Waals surface area contributed by atoms with Crippen LogP contribution in [0.1, 0.15) is 0 Å². The highest BCUT2D eigenvalue weighted by Crippen LogP contribution is 1.87. The van der Waals surface area contributed by atoms with Crippen molar-refractivity contribution in [3.63, 3.8) is 0 Å². The van der Waals surface area contributed by atoms with Crippen LogP contribution in [0.15, 0.2) is 12.7 Å². The second-order valence-corrected chi connectivity index (χ2v) is 2.14. The number of hydrogen-bond acceptors (Lipinski definition) is 4. The molecule has 78 valence electrons. The monoisotopic (exact) mass is 193 g/mol. The molecule has 0 aromatic carbocycles. The lowest BCUT2D eigenvalue weighted by Gasteiger charge is -2.04. The Labute approximate surface area is 77.4 Å². The van der Waals surface area contributed by atoms with E-state index in [0.29, 0.717) is 0 Å². The molecule has 0 aliphatic heterocycles. The number of carbonyl (C=O) groups is 1. The summed E-state index contributed by atoms with van der Waals surface area (Å²) in [6, 6.07) is 0. The largest absolute Gasteiger partial charge is 0.460 e. The van der Waals surface area contributed by atoms with E-state index in [1.807, 2.05) is 14.1 Å². The molecule has 1 atom stereocenters. The van der Waals surface area contributed by atoms with E-state index in [1.54, 1.807) is 0 Å². The maximum atomic E-state index is 11.5. The van der Waals surface area contributed by atoms with Crippen molar-refractivity contribution in [2.45, 2.75) is 6.10 Å². The minimum Gasteiger partial charge on any atom is -0.460 e. The minimum atomic E-state index is -1.22. The van der Waals surface area contributed by atoms with Gasteiger partial charge in [0.1, 0.15) is 19.4 Å². The van der Waals surface area contributed by atoms with E-state index in [2.05, 4.69) is 16.6 Å². The van der Waals surface area contributed by atoms with Gasteiger partial charge in [0.2, 0.25) is 0 Å². The second-order valence-electron chi connectivity index (χ2n) is 2.14. The van der Waals surface area contributed by atoms with Crippen LogP contribution >= 0.6 is 0 Å². The van der Waals surface area contributed by atoms with Gasteiger partial charge >= 0.3 is 5.97 Å². The van der Waals surface area contributed by atoms with Crippen LogP contribution in [0, 0.1) is 0 Å². The van der Waals surface area contributed by atoms with Crippen molar-refractivity contribution in [2.75, 3.05) is 27.4 Å². The number of carbonyl (C=O) groups excluding carboxylic acids is 1. The summed E-state index contributed by atoms with van der Waals surface area (Å²) in [4.78, 5) is 10.3. The predicted octanol–water partition coefficient (Wildman–Crippen LogP) is -0.118. The molecule has 0 radical (unpaired) electrons. The third kappa shape index (κ3) is 14.0. The number of ether oxygens (including phenoxy) is 1. The summed E-state index contributed by atoms with van der Waals surface area (Å²) in [6.45, 7) is 1.88. The lowest BCUT2D eigenvalue weighted by Crippen LogP contribution is -2.19. The molecule has 0 fully saturated rings. The van der Waals surface area contributed by atoms with Crippen LogP contribution < -0.4 is 5.32 Å². The molecule has 0 aromatic heterocycles. The summed E-state index contributed by atoms with van der Waals surface area (Å²) in [6.07, 6.45) is -0.269. The maximum absolute atomic E-state index is 11.5. The van der Waals surface area contributed by atoms with Gasteiger partial charge in [0.05, 0.1) is 0 Å². The standard InChI is InChI=1S/C6H9FO3.C2H7N/c1-2-6(9)10-4-5(8)3-7;1-3-2/h2,5,8H,1,3-4H2;3H,1-2H3. The Morgan fingerprint density at radius 1 is 1.77 bits per heavy atom. The molecule has 0 aliphatic rings. The van der Waals surface area contributed by atoms with Crippen LogP contribution in [-0.4, -0.2) is 44.6 Å². The first-order valence-electron chi connectivity index (χ1n) is 3.74. The van der Waals surface area contributed by atoms with Gasteiger partial charge in [-0.3, -0.25) is 0 Å². The molecule has 0 aliphatic carbocycles. The van der Waals surface area contributed by atoms with Gasteiger partial charge in [0.15, 0.2) is 0 Å². The Morgan fingerprint density at radius 3 is 2.54 bits per heavy atom. The zero-order valence-electron chi connectivity index (χ0n) is 7.92. The Balaban J connectivity index is 0. The fourth-order valence-corrected chi connectivity index (χ4v) is 0.282. The highest BCUT2D eigenvalue weighted by atomic mass is 19.1. The summed E-state index contributed by atoms with van der Waals surface area (Å²) in [5.74, 6) is -0.660. The Kier molecular flexibility index (Phi) is 12.4. The summed E-state index contributed by atoms with van der Waals surface area (Å²) in [5, 5.41) is 11.3. The van der Waals surface area contributed by atoms with Crippen molar-refractivity contribution in [1.29, 1.82) is 0 Å². The fourth-order valence-electron chi connectivity index (χ4n) is 0.282. The van der Waals surface area contributed by atoms with Crippen molar-refractivity contribution in [2.24, 2.45) is 0 Å². The Morgan fingerprint density at radius 2 is 2.23 bits per heavy atom. The van der Waals surface area contributed by atoms with Gasteiger partial charge in [0.25, 0.3) is 0 Å².